The number of pyridine rings is 1. The molecule has 1 unspecified atom stereocenters. The van der Waals surface area contributed by atoms with E-state index in [2.05, 4.69) is 16.4 Å². The summed E-state index contributed by atoms with van der Waals surface area (Å²) in [7, 11) is 0. The Labute approximate surface area is 122 Å². The van der Waals surface area contributed by atoms with Crippen LogP contribution in [0.5, 0.6) is 5.75 Å². The van der Waals surface area contributed by atoms with Gasteiger partial charge in [-0.15, -0.1) is 0 Å². The minimum atomic E-state index is -0.415. The zero-order valence-corrected chi connectivity index (χ0v) is 11.6. The average Bonchev–Trinajstić information content (AvgIpc) is 2.52. The first kappa shape index (κ1) is 13.6. The van der Waals surface area contributed by atoms with Crippen LogP contribution in [0.15, 0.2) is 30.3 Å². The van der Waals surface area contributed by atoms with Gasteiger partial charge in [-0.1, -0.05) is 12.1 Å². The van der Waals surface area contributed by atoms with E-state index in [1.165, 1.54) is 0 Å². The topological polar surface area (TPSA) is 78.2 Å². The lowest BCUT2D eigenvalue weighted by Gasteiger charge is -2.29. The molecule has 2 N–H and O–H groups in total. The molecule has 0 saturated carbocycles. The molecule has 0 amide bonds. The van der Waals surface area contributed by atoms with Crippen molar-refractivity contribution in [1.29, 1.82) is 5.26 Å². The Bertz CT molecular complexity index is 722. The fraction of sp³-hybridized carbons (Fsp3) is 0.250. The predicted octanol–water partition coefficient (Wildman–Crippen LogP) is 1.90. The molecule has 0 aliphatic carbocycles. The van der Waals surface area contributed by atoms with Gasteiger partial charge in [0.05, 0.1) is 23.6 Å². The van der Waals surface area contributed by atoms with Gasteiger partial charge in [0.1, 0.15) is 11.8 Å². The van der Waals surface area contributed by atoms with Crippen molar-refractivity contribution in [2.24, 2.45) is 0 Å². The molecule has 0 saturated heterocycles. The number of nitrogens with one attached hydrogen (secondary N) is 1. The number of rotatable bonds is 3. The lowest BCUT2D eigenvalue weighted by molar-refractivity contribution is 0.150. The largest absolute Gasteiger partial charge is 0.470 e. The molecule has 0 radical (unpaired) electrons. The Morgan fingerprint density at radius 1 is 1.43 bits per heavy atom. The number of hydrogen-bond acceptors (Lipinski definition) is 5. The van der Waals surface area contributed by atoms with Crippen LogP contribution >= 0.6 is 0 Å². The number of para-hydroxylation sites is 1. The van der Waals surface area contributed by atoms with Gasteiger partial charge in [-0.25, -0.2) is 0 Å². The molecule has 1 aromatic heterocycles. The van der Waals surface area contributed by atoms with E-state index in [-0.39, 0.29) is 6.61 Å². The van der Waals surface area contributed by atoms with E-state index < -0.39 is 6.23 Å². The van der Waals surface area contributed by atoms with E-state index in [4.69, 9.17) is 9.84 Å². The van der Waals surface area contributed by atoms with E-state index in [0.29, 0.717) is 17.8 Å². The molecular weight excluding hydrogens is 266 g/mol. The Kier molecular flexibility index (Phi) is 3.57. The van der Waals surface area contributed by atoms with Gasteiger partial charge in [0.25, 0.3) is 0 Å². The second kappa shape index (κ2) is 5.52. The minimum Gasteiger partial charge on any atom is -0.470 e. The summed E-state index contributed by atoms with van der Waals surface area (Å²) in [6.07, 6.45) is -0.415. The second-order valence-electron chi connectivity index (χ2n) is 4.84. The van der Waals surface area contributed by atoms with E-state index in [1.807, 2.05) is 37.3 Å². The third-order valence-electron chi connectivity index (χ3n) is 3.47. The van der Waals surface area contributed by atoms with Gasteiger partial charge in [-0.3, -0.25) is 10.3 Å². The molecule has 1 aromatic carbocycles. The van der Waals surface area contributed by atoms with Gasteiger partial charge in [0.15, 0.2) is 6.23 Å². The SMILES string of the molecule is Cc1nc2c(cc1C#N)C(NCCO)Oc1ccccc1-2. The summed E-state index contributed by atoms with van der Waals surface area (Å²) in [6.45, 7) is 2.25. The highest BCUT2D eigenvalue weighted by Gasteiger charge is 2.27. The standard InChI is InChI=1S/C16H15N3O2/c1-10-11(9-17)8-13-15(19-10)12-4-2-3-5-14(12)21-16(13)18-6-7-20/h2-5,8,16,18,20H,6-7H2,1H3. The highest BCUT2D eigenvalue weighted by Crippen LogP contribution is 2.40. The number of nitrogens with zero attached hydrogens (tertiary/aromatic N) is 2. The molecule has 3 rings (SSSR count). The van der Waals surface area contributed by atoms with Gasteiger partial charge in [0.2, 0.25) is 0 Å². The Morgan fingerprint density at radius 3 is 3.00 bits per heavy atom. The van der Waals surface area contributed by atoms with Crippen LogP contribution in [0.25, 0.3) is 11.3 Å². The Morgan fingerprint density at radius 2 is 2.24 bits per heavy atom. The first-order valence-corrected chi connectivity index (χ1v) is 6.76. The number of benzene rings is 1. The second-order valence-corrected chi connectivity index (χ2v) is 4.84. The van der Waals surface area contributed by atoms with E-state index in [9.17, 15) is 5.26 Å². The molecule has 5 heteroatoms. The number of nitriles is 1. The number of aliphatic hydroxyl groups excluding tert-OH is 1. The first-order valence-electron chi connectivity index (χ1n) is 6.76. The van der Waals surface area contributed by atoms with Crippen LogP contribution in [0.2, 0.25) is 0 Å². The molecule has 0 bridgehead atoms. The van der Waals surface area contributed by atoms with Crippen LogP contribution in [0.1, 0.15) is 23.0 Å². The van der Waals surface area contributed by atoms with Crippen molar-refractivity contribution in [1.82, 2.24) is 10.3 Å². The number of ether oxygens (including phenoxy) is 1. The molecule has 2 heterocycles. The summed E-state index contributed by atoms with van der Waals surface area (Å²) in [5, 5.41) is 21.3. The van der Waals surface area contributed by atoms with Crippen molar-refractivity contribution < 1.29 is 9.84 Å². The summed E-state index contributed by atoms with van der Waals surface area (Å²) in [4.78, 5) is 4.58. The number of aliphatic hydroxyl groups is 1. The molecular formula is C16H15N3O2. The molecule has 21 heavy (non-hydrogen) atoms. The number of aryl methyl sites for hydroxylation is 1. The Hall–Kier alpha value is -2.42. The van der Waals surface area contributed by atoms with Gasteiger partial charge in [-0.2, -0.15) is 5.26 Å². The highest BCUT2D eigenvalue weighted by molar-refractivity contribution is 5.73. The molecule has 2 aromatic rings. The summed E-state index contributed by atoms with van der Waals surface area (Å²) < 4.78 is 5.93. The summed E-state index contributed by atoms with van der Waals surface area (Å²) in [5.74, 6) is 0.747. The monoisotopic (exact) mass is 281 g/mol. The van der Waals surface area contributed by atoms with Gasteiger partial charge >= 0.3 is 0 Å². The normalized spacial score (nSPS) is 15.6. The number of fused-ring (bicyclic) bond motifs is 3. The van der Waals surface area contributed by atoms with Crippen molar-refractivity contribution in [3.05, 3.63) is 47.2 Å². The van der Waals surface area contributed by atoms with Gasteiger partial charge < -0.3 is 9.84 Å². The zero-order chi connectivity index (χ0) is 14.8. The van der Waals surface area contributed by atoms with Crippen molar-refractivity contribution in [3.8, 4) is 23.1 Å². The van der Waals surface area contributed by atoms with Crippen molar-refractivity contribution >= 4 is 0 Å². The third kappa shape index (κ3) is 2.35. The van der Waals surface area contributed by atoms with Gasteiger partial charge in [0, 0.05) is 17.7 Å². The van der Waals surface area contributed by atoms with Crippen LogP contribution < -0.4 is 10.1 Å². The summed E-state index contributed by atoms with van der Waals surface area (Å²) in [6, 6.07) is 11.6. The molecule has 1 atom stereocenters. The number of aromatic nitrogens is 1. The average molecular weight is 281 g/mol. The molecule has 0 fully saturated rings. The lowest BCUT2D eigenvalue weighted by atomic mass is 9.98. The zero-order valence-electron chi connectivity index (χ0n) is 11.6. The molecule has 106 valence electrons. The van der Waals surface area contributed by atoms with Crippen LogP contribution in [-0.2, 0) is 0 Å². The fourth-order valence-corrected chi connectivity index (χ4v) is 2.45. The van der Waals surface area contributed by atoms with Crippen LogP contribution in [0.4, 0.5) is 0 Å². The smallest absolute Gasteiger partial charge is 0.178 e. The lowest BCUT2D eigenvalue weighted by Crippen LogP contribution is -2.31. The number of hydrogen-bond donors (Lipinski definition) is 2. The van der Waals surface area contributed by atoms with Crippen LogP contribution in [0.3, 0.4) is 0 Å². The van der Waals surface area contributed by atoms with Crippen molar-refractivity contribution in [2.75, 3.05) is 13.2 Å². The third-order valence-corrected chi connectivity index (χ3v) is 3.47. The van der Waals surface area contributed by atoms with Crippen molar-refractivity contribution in [2.45, 2.75) is 13.2 Å². The molecule has 1 aliphatic rings. The molecule has 1 aliphatic heterocycles. The molecule has 5 nitrogen and oxygen atoms in total. The molecule has 0 spiro atoms. The van der Waals surface area contributed by atoms with Crippen LogP contribution in [0, 0.1) is 18.3 Å². The highest BCUT2D eigenvalue weighted by atomic mass is 16.5. The van der Waals surface area contributed by atoms with E-state index in [1.54, 1.807) is 0 Å². The quantitative estimate of drug-likeness (QED) is 0.898. The van der Waals surface area contributed by atoms with Crippen LogP contribution in [-0.4, -0.2) is 23.2 Å². The maximum absolute atomic E-state index is 9.19. The maximum Gasteiger partial charge on any atom is 0.178 e. The van der Waals surface area contributed by atoms with Gasteiger partial charge in [-0.05, 0) is 25.1 Å². The van der Waals surface area contributed by atoms with E-state index in [0.717, 1.165) is 22.6 Å². The fourth-order valence-electron chi connectivity index (χ4n) is 2.45. The summed E-state index contributed by atoms with van der Waals surface area (Å²) in [5.41, 5.74) is 3.80. The predicted molar refractivity (Wildman–Crippen MR) is 77.6 cm³/mol. The minimum absolute atomic E-state index is 0.0151. The Balaban J connectivity index is 2.16. The van der Waals surface area contributed by atoms with Crippen molar-refractivity contribution in [3.63, 3.8) is 0 Å². The van der Waals surface area contributed by atoms with E-state index >= 15 is 0 Å². The first-order chi connectivity index (χ1) is 10.2. The maximum atomic E-state index is 9.19. The summed E-state index contributed by atoms with van der Waals surface area (Å²) >= 11 is 0.